The summed E-state index contributed by atoms with van der Waals surface area (Å²) in [4.78, 5) is 14.7. The fraction of sp³-hybridized carbons (Fsp3) is 0.133. The van der Waals surface area contributed by atoms with Crippen LogP contribution in [0.5, 0.6) is 5.75 Å². The van der Waals surface area contributed by atoms with Crippen LogP contribution in [0.3, 0.4) is 0 Å². The van der Waals surface area contributed by atoms with E-state index in [-0.39, 0.29) is 17.6 Å². The number of ketones is 1. The summed E-state index contributed by atoms with van der Waals surface area (Å²) < 4.78 is 0. The molecule has 1 aliphatic heterocycles. The van der Waals surface area contributed by atoms with Crippen LogP contribution in [0.4, 0.5) is 5.69 Å². The molecule has 0 saturated carbocycles. The molecule has 1 atom stereocenters. The molecule has 0 unspecified atom stereocenters. The summed E-state index contributed by atoms with van der Waals surface area (Å²) in [6.45, 7) is 0. The Bertz CT molecular complexity index is 619. The third-order valence-electron chi connectivity index (χ3n) is 3.18. The van der Waals surface area contributed by atoms with E-state index in [1.54, 1.807) is 35.7 Å². The molecule has 0 aliphatic carbocycles. The number of benzene rings is 1. The molecule has 19 heavy (non-hydrogen) atoms. The highest BCUT2D eigenvalue weighted by Gasteiger charge is 2.27. The maximum Gasteiger partial charge on any atom is 0.159 e. The molecule has 1 N–H and O–H groups in total. The number of phenolic OH excluding ortho intramolecular Hbond substituents is 1. The van der Waals surface area contributed by atoms with Crippen LogP contribution in [0.25, 0.3) is 0 Å². The largest absolute Gasteiger partial charge is 0.506 e. The van der Waals surface area contributed by atoms with Crippen molar-refractivity contribution in [1.82, 2.24) is 0 Å². The van der Waals surface area contributed by atoms with Crippen molar-refractivity contribution in [3.05, 3.63) is 58.9 Å². The SMILES string of the molecule is O=C1C=CN(c2ccccc2O)[C@H](c2cccs2)C1. The van der Waals surface area contributed by atoms with E-state index in [2.05, 4.69) is 0 Å². The molecular weight excluding hydrogens is 258 g/mol. The number of aromatic hydroxyl groups is 1. The summed E-state index contributed by atoms with van der Waals surface area (Å²) in [7, 11) is 0. The summed E-state index contributed by atoms with van der Waals surface area (Å²) in [5, 5.41) is 12.0. The molecular formula is C15H13NO2S. The summed E-state index contributed by atoms with van der Waals surface area (Å²) >= 11 is 1.63. The van der Waals surface area contributed by atoms with Crippen LogP contribution in [0, 0.1) is 0 Å². The minimum atomic E-state index is -0.0363. The van der Waals surface area contributed by atoms with Gasteiger partial charge in [0.1, 0.15) is 5.75 Å². The minimum absolute atomic E-state index is 0.0363. The molecule has 0 saturated heterocycles. The van der Waals surface area contributed by atoms with Gasteiger partial charge in [-0.1, -0.05) is 18.2 Å². The van der Waals surface area contributed by atoms with E-state index < -0.39 is 0 Å². The average Bonchev–Trinajstić information content (AvgIpc) is 2.93. The van der Waals surface area contributed by atoms with Crippen molar-refractivity contribution in [2.75, 3.05) is 4.90 Å². The van der Waals surface area contributed by atoms with E-state index in [0.717, 1.165) is 10.6 Å². The van der Waals surface area contributed by atoms with Crippen LogP contribution in [0.1, 0.15) is 17.3 Å². The Morgan fingerprint density at radius 3 is 2.79 bits per heavy atom. The quantitative estimate of drug-likeness (QED) is 0.909. The molecule has 1 aromatic heterocycles. The van der Waals surface area contributed by atoms with Gasteiger partial charge in [0.25, 0.3) is 0 Å². The Labute approximate surface area is 115 Å². The molecule has 2 heterocycles. The highest BCUT2D eigenvalue weighted by atomic mass is 32.1. The van der Waals surface area contributed by atoms with E-state index in [0.29, 0.717) is 6.42 Å². The number of thiophene rings is 1. The number of carbonyl (C=O) groups is 1. The zero-order chi connectivity index (χ0) is 13.2. The molecule has 4 heteroatoms. The summed E-state index contributed by atoms with van der Waals surface area (Å²) in [5.74, 6) is 0.341. The monoisotopic (exact) mass is 271 g/mol. The number of carbonyl (C=O) groups excluding carboxylic acids is 1. The van der Waals surface area contributed by atoms with Gasteiger partial charge in [0.2, 0.25) is 0 Å². The zero-order valence-electron chi connectivity index (χ0n) is 10.2. The number of para-hydroxylation sites is 2. The van der Waals surface area contributed by atoms with Gasteiger partial charge in [-0.2, -0.15) is 0 Å². The highest BCUT2D eigenvalue weighted by Crippen LogP contribution is 2.38. The Balaban J connectivity index is 2.04. The topological polar surface area (TPSA) is 40.5 Å². The maximum atomic E-state index is 11.7. The first-order valence-corrected chi connectivity index (χ1v) is 6.94. The molecule has 0 spiro atoms. The Hall–Kier alpha value is -2.07. The van der Waals surface area contributed by atoms with Gasteiger partial charge in [0, 0.05) is 17.5 Å². The van der Waals surface area contributed by atoms with E-state index in [1.807, 2.05) is 34.5 Å². The first-order valence-electron chi connectivity index (χ1n) is 6.06. The first-order chi connectivity index (χ1) is 9.25. The van der Waals surface area contributed by atoms with Crippen molar-refractivity contribution in [3.63, 3.8) is 0 Å². The molecule has 0 amide bonds. The van der Waals surface area contributed by atoms with Crippen LogP contribution in [-0.4, -0.2) is 10.9 Å². The lowest BCUT2D eigenvalue weighted by Gasteiger charge is -2.32. The van der Waals surface area contributed by atoms with Crippen molar-refractivity contribution in [2.24, 2.45) is 0 Å². The van der Waals surface area contributed by atoms with Gasteiger partial charge in [-0.15, -0.1) is 11.3 Å². The molecule has 3 rings (SSSR count). The lowest BCUT2D eigenvalue weighted by atomic mass is 10.0. The van der Waals surface area contributed by atoms with Crippen molar-refractivity contribution < 1.29 is 9.90 Å². The maximum absolute atomic E-state index is 11.7. The molecule has 96 valence electrons. The lowest BCUT2D eigenvalue weighted by Crippen LogP contribution is -2.28. The number of phenols is 1. The molecule has 1 aliphatic rings. The third-order valence-corrected chi connectivity index (χ3v) is 4.16. The Kier molecular flexibility index (Phi) is 3.09. The molecule has 0 radical (unpaired) electrons. The van der Waals surface area contributed by atoms with Gasteiger partial charge < -0.3 is 10.0 Å². The molecule has 3 nitrogen and oxygen atoms in total. The standard InChI is InChI=1S/C15H13NO2S/c17-11-7-8-16(12-4-1-2-5-14(12)18)13(10-11)15-6-3-9-19-15/h1-9,13,18H,10H2/t13-/m0/s1. The number of allylic oxidation sites excluding steroid dienone is 1. The van der Waals surface area contributed by atoms with E-state index in [1.165, 1.54) is 0 Å². The second kappa shape index (κ2) is 4.90. The second-order valence-electron chi connectivity index (χ2n) is 4.41. The minimum Gasteiger partial charge on any atom is -0.506 e. The van der Waals surface area contributed by atoms with Gasteiger partial charge in [0.05, 0.1) is 11.7 Å². The molecule has 0 bridgehead atoms. The van der Waals surface area contributed by atoms with Crippen molar-refractivity contribution in [2.45, 2.75) is 12.5 Å². The number of nitrogens with zero attached hydrogens (tertiary/aromatic N) is 1. The van der Waals surface area contributed by atoms with Gasteiger partial charge in [-0.05, 0) is 29.7 Å². The van der Waals surface area contributed by atoms with Gasteiger partial charge >= 0.3 is 0 Å². The summed E-state index contributed by atoms with van der Waals surface area (Å²) in [6.07, 6.45) is 3.76. The number of hydrogen-bond acceptors (Lipinski definition) is 4. The average molecular weight is 271 g/mol. The smallest absolute Gasteiger partial charge is 0.159 e. The van der Waals surface area contributed by atoms with E-state index in [9.17, 15) is 9.90 Å². The van der Waals surface area contributed by atoms with Crippen LogP contribution < -0.4 is 4.90 Å². The fourth-order valence-corrected chi connectivity index (χ4v) is 3.10. The second-order valence-corrected chi connectivity index (χ2v) is 5.39. The lowest BCUT2D eigenvalue weighted by molar-refractivity contribution is -0.115. The third kappa shape index (κ3) is 2.27. The first kappa shape index (κ1) is 12.0. The van der Waals surface area contributed by atoms with Crippen molar-refractivity contribution in [3.8, 4) is 5.75 Å². The van der Waals surface area contributed by atoms with Crippen LogP contribution in [-0.2, 0) is 4.79 Å². The van der Waals surface area contributed by atoms with E-state index in [4.69, 9.17) is 0 Å². The van der Waals surface area contributed by atoms with Gasteiger partial charge in [-0.25, -0.2) is 0 Å². The van der Waals surface area contributed by atoms with Crippen LogP contribution in [0.15, 0.2) is 54.1 Å². The van der Waals surface area contributed by atoms with Gasteiger partial charge in [0.15, 0.2) is 5.78 Å². The van der Waals surface area contributed by atoms with E-state index >= 15 is 0 Å². The summed E-state index contributed by atoms with van der Waals surface area (Å²) in [5.41, 5.74) is 0.727. The predicted molar refractivity (Wildman–Crippen MR) is 76.4 cm³/mol. The zero-order valence-corrected chi connectivity index (χ0v) is 11.0. The van der Waals surface area contributed by atoms with Crippen LogP contribution >= 0.6 is 11.3 Å². The Morgan fingerprint density at radius 1 is 1.21 bits per heavy atom. The fourth-order valence-electron chi connectivity index (χ4n) is 2.27. The normalized spacial score (nSPS) is 18.8. The van der Waals surface area contributed by atoms with Gasteiger partial charge in [-0.3, -0.25) is 4.79 Å². The number of hydrogen-bond donors (Lipinski definition) is 1. The molecule has 1 aromatic carbocycles. The molecule has 0 fully saturated rings. The summed E-state index contributed by atoms with van der Waals surface area (Å²) in [6, 6.07) is 11.1. The number of anilines is 1. The van der Waals surface area contributed by atoms with Crippen molar-refractivity contribution >= 4 is 22.8 Å². The Morgan fingerprint density at radius 2 is 2.05 bits per heavy atom. The molecule has 2 aromatic rings. The van der Waals surface area contributed by atoms with Crippen LogP contribution in [0.2, 0.25) is 0 Å². The number of rotatable bonds is 2. The van der Waals surface area contributed by atoms with Crippen molar-refractivity contribution in [1.29, 1.82) is 0 Å². The predicted octanol–water partition coefficient (Wildman–Crippen LogP) is 3.49. The highest BCUT2D eigenvalue weighted by molar-refractivity contribution is 7.10.